The number of rotatable bonds is 4. The van der Waals surface area contributed by atoms with Crippen molar-refractivity contribution in [3.05, 3.63) is 76.2 Å². The molecule has 2 unspecified atom stereocenters. The van der Waals surface area contributed by atoms with Gasteiger partial charge >= 0.3 is 6.09 Å². The third-order valence-electron chi connectivity index (χ3n) is 7.20. The Morgan fingerprint density at radius 1 is 1.08 bits per heavy atom. The minimum atomic E-state index is -0.516. The molecule has 3 aromatic rings. The minimum Gasteiger partial charge on any atom is -0.388 e. The van der Waals surface area contributed by atoms with Crippen molar-refractivity contribution in [3.8, 4) is 11.6 Å². The van der Waals surface area contributed by atoms with Gasteiger partial charge in [-0.3, -0.25) is 5.43 Å². The number of benzene rings is 2. The number of ether oxygens (including phenoxy) is 1. The molecule has 186 valence electrons. The Bertz CT molecular complexity index is 1300. The highest BCUT2D eigenvalue weighted by Gasteiger charge is 2.37. The van der Waals surface area contributed by atoms with Crippen LogP contribution in [0.25, 0.3) is 17.3 Å². The molecule has 3 aliphatic rings. The van der Waals surface area contributed by atoms with Gasteiger partial charge in [0, 0.05) is 29.6 Å². The maximum absolute atomic E-state index is 13.5. The zero-order valence-electron chi connectivity index (χ0n) is 19.6. The van der Waals surface area contributed by atoms with Crippen LogP contribution in [0.15, 0.2) is 48.5 Å². The number of halogens is 2. The normalized spacial score (nSPS) is 22.4. The first-order valence-corrected chi connectivity index (χ1v) is 13.7. The smallest absolute Gasteiger partial charge is 0.388 e. The first kappa shape index (κ1) is 23.6. The quantitative estimate of drug-likeness (QED) is 0.441. The molecule has 0 bridgehead atoms. The SMILES string of the molecule is O=C(NN1CC2CCCC2C1)Oc1nn(-c2ccc(Cl)cc2)c2c1CSC/C2=C\c1ccc(F)cc1. The molecule has 2 atom stereocenters. The van der Waals surface area contributed by atoms with Crippen molar-refractivity contribution in [1.82, 2.24) is 20.2 Å². The summed E-state index contributed by atoms with van der Waals surface area (Å²) < 4.78 is 21.1. The summed E-state index contributed by atoms with van der Waals surface area (Å²) in [6.07, 6.45) is 5.27. The molecule has 2 fully saturated rings. The highest BCUT2D eigenvalue weighted by atomic mass is 35.5. The van der Waals surface area contributed by atoms with E-state index in [0.29, 0.717) is 28.5 Å². The standard InChI is InChI=1S/C27H26ClFN4O2S/c28-21-6-10-23(11-7-21)33-25-20(12-17-4-8-22(29)9-5-17)15-36-16-24(25)26(30-33)35-27(34)31-32-13-18-2-1-3-19(18)14-32/h4-12,18-19H,1-3,13-16H2,(H,31,34)/b20-12+. The van der Waals surface area contributed by atoms with Crippen LogP contribution in [0.1, 0.15) is 36.1 Å². The highest BCUT2D eigenvalue weighted by Crippen LogP contribution is 2.40. The van der Waals surface area contributed by atoms with Gasteiger partial charge in [-0.1, -0.05) is 30.2 Å². The fraction of sp³-hybridized carbons (Fsp3) is 0.333. The molecule has 9 heteroatoms. The number of nitrogens with zero attached hydrogens (tertiary/aromatic N) is 3. The Balaban J connectivity index is 1.32. The van der Waals surface area contributed by atoms with Crippen molar-refractivity contribution in [2.45, 2.75) is 25.0 Å². The summed E-state index contributed by atoms with van der Waals surface area (Å²) in [5.41, 5.74) is 7.41. The van der Waals surface area contributed by atoms with Gasteiger partial charge in [-0.25, -0.2) is 18.9 Å². The summed E-state index contributed by atoms with van der Waals surface area (Å²) in [6, 6.07) is 13.8. The Hall–Kier alpha value is -2.81. The minimum absolute atomic E-state index is 0.273. The van der Waals surface area contributed by atoms with E-state index < -0.39 is 6.09 Å². The zero-order chi connectivity index (χ0) is 24.6. The summed E-state index contributed by atoms with van der Waals surface area (Å²) in [5, 5.41) is 7.34. The van der Waals surface area contributed by atoms with Gasteiger partial charge in [-0.2, -0.15) is 11.8 Å². The van der Waals surface area contributed by atoms with Crippen molar-refractivity contribution in [2.24, 2.45) is 11.8 Å². The van der Waals surface area contributed by atoms with Crippen LogP contribution in [0.5, 0.6) is 5.88 Å². The van der Waals surface area contributed by atoms with E-state index in [4.69, 9.17) is 21.4 Å². The van der Waals surface area contributed by atoms with Crippen LogP contribution >= 0.6 is 23.4 Å². The van der Waals surface area contributed by atoms with Crippen LogP contribution in [0, 0.1) is 17.7 Å². The lowest BCUT2D eigenvalue weighted by Crippen LogP contribution is -2.42. The van der Waals surface area contributed by atoms with Crippen LogP contribution in [-0.2, 0) is 5.75 Å². The number of hydrogen-bond acceptors (Lipinski definition) is 5. The van der Waals surface area contributed by atoms with Gasteiger partial charge in [0.1, 0.15) is 5.82 Å². The lowest BCUT2D eigenvalue weighted by molar-refractivity contribution is 0.153. The van der Waals surface area contributed by atoms with Crippen molar-refractivity contribution in [1.29, 1.82) is 0 Å². The zero-order valence-corrected chi connectivity index (χ0v) is 21.2. The lowest BCUT2D eigenvalue weighted by Gasteiger charge is -2.19. The maximum Gasteiger partial charge on any atom is 0.428 e. The van der Waals surface area contributed by atoms with Gasteiger partial charge in [-0.15, -0.1) is 5.10 Å². The molecular weight excluding hydrogens is 499 g/mol. The number of amides is 1. The molecule has 2 aliphatic heterocycles. The Morgan fingerprint density at radius 2 is 1.81 bits per heavy atom. The molecule has 1 saturated heterocycles. The van der Waals surface area contributed by atoms with Gasteiger partial charge in [0.15, 0.2) is 0 Å². The predicted molar refractivity (Wildman–Crippen MR) is 141 cm³/mol. The number of nitrogens with one attached hydrogen (secondary N) is 1. The number of hydrogen-bond donors (Lipinski definition) is 1. The van der Waals surface area contributed by atoms with E-state index in [2.05, 4.69) is 5.43 Å². The van der Waals surface area contributed by atoms with Gasteiger partial charge < -0.3 is 4.74 Å². The molecule has 0 radical (unpaired) electrons. The second kappa shape index (κ2) is 9.92. The third-order valence-corrected chi connectivity index (χ3v) is 8.46. The molecule has 6 nitrogen and oxygen atoms in total. The monoisotopic (exact) mass is 524 g/mol. The molecule has 1 aromatic heterocycles. The molecular formula is C27H26ClFN4O2S. The van der Waals surface area contributed by atoms with Gasteiger partial charge in [-0.05, 0) is 78.3 Å². The number of carbonyl (C=O) groups excluding carboxylic acids is 1. The molecule has 0 spiro atoms. The third kappa shape index (κ3) is 4.77. The van der Waals surface area contributed by atoms with Crippen molar-refractivity contribution in [2.75, 3.05) is 18.8 Å². The van der Waals surface area contributed by atoms with E-state index in [0.717, 1.165) is 46.9 Å². The fourth-order valence-corrected chi connectivity index (χ4v) is 6.64. The van der Waals surface area contributed by atoms with E-state index in [9.17, 15) is 9.18 Å². The first-order chi connectivity index (χ1) is 17.5. The second-order valence-electron chi connectivity index (χ2n) is 9.59. The van der Waals surface area contributed by atoms with Crippen molar-refractivity contribution in [3.63, 3.8) is 0 Å². The van der Waals surface area contributed by atoms with E-state index in [1.807, 2.05) is 40.0 Å². The van der Waals surface area contributed by atoms with Crippen LogP contribution in [0.4, 0.5) is 9.18 Å². The van der Waals surface area contributed by atoms with Gasteiger partial charge in [0.2, 0.25) is 5.88 Å². The summed E-state index contributed by atoms with van der Waals surface area (Å²) in [4.78, 5) is 12.9. The Kier molecular flexibility index (Phi) is 6.50. The van der Waals surface area contributed by atoms with Gasteiger partial charge in [0.05, 0.1) is 16.9 Å². The van der Waals surface area contributed by atoms with Crippen LogP contribution < -0.4 is 10.2 Å². The number of aromatic nitrogens is 2. The summed E-state index contributed by atoms with van der Waals surface area (Å²) in [6.45, 7) is 1.75. The van der Waals surface area contributed by atoms with Crippen molar-refractivity contribution < 1.29 is 13.9 Å². The van der Waals surface area contributed by atoms with Crippen LogP contribution in [-0.4, -0.2) is 39.7 Å². The molecule has 2 aromatic carbocycles. The van der Waals surface area contributed by atoms with E-state index in [1.165, 1.54) is 31.4 Å². The molecule has 6 rings (SSSR count). The first-order valence-electron chi connectivity index (χ1n) is 12.2. The second-order valence-corrected chi connectivity index (χ2v) is 11.0. The molecule has 1 N–H and O–H groups in total. The fourth-order valence-electron chi connectivity index (χ4n) is 5.51. The predicted octanol–water partition coefficient (Wildman–Crippen LogP) is 6.19. The largest absolute Gasteiger partial charge is 0.428 e. The number of thioether (sulfide) groups is 1. The topological polar surface area (TPSA) is 59.4 Å². The number of hydrazine groups is 1. The number of carbonyl (C=O) groups is 1. The van der Waals surface area contributed by atoms with Gasteiger partial charge in [0.25, 0.3) is 0 Å². The molecule has 1 saturated carbocycles. The van der Waals surface area contributed by atoms with E-state index in [1.54, 1.807) is 23.9 Å². The average Bonchev–Trinajstić information content (AvgIpc) is 3.56. The number of fused-ring (bicyclic) bond motifs is 2. The Morgan fingerprint density at radius 3 is 2.53 bits per heavy atom. The van der Waals surface area contributed by atoms with Crippen LogP contribution in [0.3, 0.4) is 0 Å². The van der Waals surface area contributed by atoms with E-state index in [-0.39, 0.29) is 5.82 Å². The molecule has 3 heterocycles. The summed E-state index contributed by atoms with van der Waals surface area (Å²) >= 11 is 7.85. The average molecular weight is 525 g/mol. The lowest BCUT2D eigenvalue weighted by atomic mass is 10.0. The Labute approximate surface area is 218 Å². The molecule has 36 heavy (non-hydrogen) atoms. The highest BCUT2D eigenvalue weighted by molar-refractivity contribution is 7.99. The van der Waals surface area contributed by atoms with Crippen molar-refractivity contribution >= 4 is 41.1 Å². The summed E-state index contributed by atoms with van der Waals surface area (Å²) in [7, 11) is 0. The molecule has 1 aliphatic carbocycles. The van der Waals surface area contributed by atoms with Crippen LogP contribution in [0.2, 0.25) is 5.02 Å². The van der Waals surface area contributed by atoms with E-state index >= 15 is 0 Å². The maximum atomic E-state index is 13.5. The molecule has 1 amide bonds. The summed E-state index contributed by atoms with van der Waals surface area (Å²) in [5.74, 6) is 2.78.